The number of aryl methyl sites for hydroxylation is 1. The van der Waals surface area contributed by atoms with Gasteiger partial charge in [0.1, 0.15) is 5.75 Å². The van der Waals surface area contributed by atoms with Crippen LogP contribution < -0.4 is 0 Å². The van der Waals surface area contributed by atoms with Gasteiger partial charge in [-0.25, -0.2) is 0 Å². The molecule has 1 aromatic rings. The van der Waals surface area contributed by atoms with Crippen LogP contribution in [0.5, 0.6) is 5.75 Å². The Labute approximate surface area is 241 Å². The molecule has 1 N–H and O–H groups in total. The SMILES string of the molecule is CCCCCCCCCCCCSCc1cc(C)c(O)c(CSCCCCCCCCCCCC)c1C. The van der Waals surface area contributed by atoms with Crippen molar-refractivity contribution < 1.29 is 5.11 Å². The zero-order chi connectivity index (χ0) is 27.0. The van der Waals surface area contributed by atoms with Crippen LogP contribution >= 0.6 is 23.5 Å². The lowest BCUT2D eigenvalue weighted by atomic mass is 10.00. The topological polar surface area (TPSA) is 20.2 Å². The molecular formula is C34H62OS2. The quantitative estimate of drug-likeness (QED) is 0.116. The Balaban J connectivity index is 2.17. The van der Waals surface area contributed by atoms with Crippen molar-refractivity contribution in [2.75, 3.05) is 11.5 Å². The zero-order valence-corrected chi connectivity index (χ0v) is 26.9. The van der Waals surface area contributed by atoms with E-state index >= 15 is 0 Å². The molecule has 0 aromatic heterocycles. The predicted molar refractivity (Wildman–Crippen MR) is 174 cm³/mol. The Morgan fingerprint density at radius 3 is 1.35 bits per heavy atom. The van der Waals surface area contributed by atoms with E-state index < -0.39 is 0 Å². The molecule has 1 nitrogen and oxygen atoms in total. The highest BCUT2D eigenvalue weighted by Crippen LogP contribution is 2.33. The molecule has 0 spiro atoms. The lowest BCUT2D eigenvalue weighted by Gasteiger charge is -2.16. The molecule has 0 heterocycles. The first-order valence-corrected chi connectivity index (χ1v) is 18.4. The number of rotatable bonds is 26. The van der Waals surface area contributed by atoms with Crippen molar-refractivity contribution in [1.82, 2.24) is 0 Å². The second-order valence-corrected chi connectivity index (χ2v) is 13.5. The first kappa shape index (κ1) is 34.7. The van der Waals surface area contributed by atoms with Crippen molar-refractivity contribution in [2.45, 2.75) is 168 Å². The van der Waals surface area contributed by atoms with Crippen molar-refractivity contribution >= 4 is 23.5 Å². The standard InChI is InChI=1S/C34H62OS2/c1-5-7-9-11-13-15-17-19-21-23-25-36-28-32-27-30(3)34(35)33(31(32)4)29-37-26-24-22-20-18-16-14-12-10-8-6-2/h27,35H,5-26,28-29H2,1-4H3. The molecule has 0 atom stereocenters. The average molecular weight is 551 g/mol. The minimum absolute atomic E-state index is 0.538. The number of phenolic OH excluding ortho intramolecular Hbond substituents is 1. The average Bonchev–Trinajstić information content (AvgIpc) is 2.89. The van der Waals surface area contributed by atoms with Crippen molar-refractivity contribution in [2.24, 2.45) is 0 Å². The van der Waals surface area contributed by atoms with Crippen LogP contribution in [-0.2, 0) is 11.5 Å². The van der Waals surface area contributed by atoms with Crippen LogP contribution in [0, 0.1) is 13.8 Å². The van der Waals surface area contributed by atoms with E-state index in [4.69, 9.17) is 0 Å². The smallest absolute Gasteiger partial charge is 0.122 e. The summed E-state index contributed by atoms with van der Waals surface area (Å²) in [6, 6.07) is 2.23. The van der Waals surface area contributed by atoms with Crippen LogP contribution in [0.4, 0.5) is 0 Å². The maximum atomic E-state index is 10.7. The molecule has 3 heteroatoms. The summed E-state index contributed by atoms with van der Waals surface area (Å²) < 4.78 is 0. The van der Waals surface area contributed by atoms with Gasteiger partial charge in [0.05, 0.1) is 0 Å². The third-order valence-corrected chi connectivity index (χ3v) is 9.94. The number of hydrogen-bond donors (Lipinski definition) is 1. The van der Waals surface area contributed by atoms with Gasteiger partial charge in [-0.2, -0.15) is 23.5 Å². The van der Waals surface area contributed by atoms with E-state index in [-0.39, 0.29) is 0 Å². The Kier molecular flexibility index (Phi) is 23.2. The Morgan fingerprint density at radius 1 is 0.541 bits per heavy atom. The highest BCUT2D eigenvalue weighted by Gasteiger charge is 2.13. The third-order valence-electron chi connectivity index (χ3n) is 7.77. The van der Waals surface area contributed by atoms with E-state index in [2.05, 4.69) is 45.5 Å². The molecule has 0 amide bonds. The van der Waals surface area contributed by atoms with Gasteiger partial charge in [0.25, 0.3) is 0 Å². The molecule has 0 unspecified atom stereocenters. The molecule has 0 fully saturated rings. The van der Waals surface area contributed by atoms with Gasteiger partial charge in [0.15, 0.2) is 0 Å². The maximum Gasteiger partial charge on any atom is 0.122 e. The zero-order valence-electron chi connectivity index (χ0n) is 25.3. The van der Waals surface area contributed by atoms with Crippen LogP contribution in [0.15, 0.2) is 6.07 Å². The van der Waals surface area contributed by atoms with Gasteiger partial charge in [-0.1, -0.05) is 135 Å². The Morgan fingerprint density at radius 2 is 0.919 bits per heavy atom. The lowest BCUT2D eigenvalue weighted by Crippen LogP contribution is -1.98. The van der Waals surface area contributed by atoms with E-state index in [0.29, 0.717) is 5.75 Å². The molecule has 1 rings (SSSR count). The van der Waals surface area contributed by atoms with Crippen molar-refractivity contribution in [3.8, 4) is 5.75 Å². The van der Waals surface area contributed by atoms with Crippen LogP contribution in [0.25, 0.3) is 0 Å². The van der Waals surface area contributed by atoms with Gasteiger partial charge < -0.3 is 5.11 Å². The molecule has 0 aliphatic heterocycles. The van der Waals surface area contributed by atoms with Crippen molar-refractivity contribution in [3.05, 3.63) is 28.3 Å². The van der Waals surface area contributed by atoms with Crippen molar-refractivity contribution in [3.63, 3.8) is 0 Å². The molecule has 37 heavy (non-hydrogen) atoms. The molecule has 0 aliphatic rings. The van der Waals surface area contributed by atoms with E-state index in [1.165, 1.54) is 157 Å². The molecule has 0 saturated carbocycles. The number of thioether (sulfide) groups is 2. The maximum absolute atomic E-state index is 10.7. The van der Waals surface area contributed by atoms with Gasteiger partial charge in [-0.15, -0.1) is 0 Å². The largest absolute Gasteiger partial charge is 0.507 e. The van der Waals surface area contributed by atoms with E-state index in [1.807, 2.05) is 11.8 Å². The molecule has 0 bridgehead atoms. The van der Waals surface area contributed by atoms with Gasteiger partial charge >= 0.3 is 0 Å². The first-order chi connectivity index (χ1) is 18.1. The number of hydrogen-bond acceptors (Lipinski definition) is 3. The first-order valence-electron chi connectivity index (χ1n) is 16.1. The Bertz CT molecular complexity index is 658. The van der Waals surface area contributed by atoms with Crippen LogP contribution in [0.2, 0.25) is 0 Å². The normalized spacial score (nSPS) is 11.5. The monoisotopic (exact) mass is 550 g/mol. The van der Waals surface area contributed by atoms with Crippen LogP contribution in [0.1, 0.15) is 165 Å². The van der Waals surface area contributed by atoms with Gasteiger partial charge in [-0.05, 0) is 54.9 Å². The highest BCUT2D eigenvalue weighted by molar-refractivity contribution is 7.98. The number of phenols is 1. The number of benzene rings is 1. The highest BCUT2D eigenvalue weighted by atomic mass is 32.2. The summed E-state index contributed by atoms with van der Waals surface area (Å²) in [5.74, 6) is 5.05. The summed E-state index contributed by atoms with van der Waals surface area (Å²) in [6.45, 7) is 8.88. The summed E-state index contributed by atoms with van der Waals surface area (Å²) in [5, 5.41) is 10.7. The van der Waals surface area contributed by atoms with Crippen molar-refractivity contribution in [1.29, 1.82) is 0 Å². The summed E-state index contributed by atoms with van der Waals surface area (Å²) in [7, 11) is 0. The minimum atomic E-state index is 0.538. The lowest BCUT2D eigenvalue weighted by molar-refractivity contribution is 0.465. The molecular weight excluding hydrogens is 489 g/mol. The van der Waals surface area contributed by atoms with Gasteiger partial charge in [-0.3, -0.25) is 0 Å². The third kappa shape index (κ3) is 17.8. The fraction of sp³-hybridized carbons (Fsp3) is 0.824. The number of unbranched alkanes of at least 4 members (excludes halogenated alkanes) is 18. The predicted octanol–water partition coefficient (Wildman–Crippen LogP) is 12.3. The van der Waals surface area contributed by atoms with Gasteiger partial charge in [0.2, 0.25) is 0 Å². The minimum Gasteiger partial charge on any atom is -0.507 e. The second-order valence-electron chi connectivity index (χ2n) is 11.3. The van der Waals surface area contributed by atoms with E-state index in [1.54, 1.807) is 0 Å². The second kappa shape index (κ2) is 24.7. The van der Waals surface area contributed by atoms with Gasteiger partial charge in [0, 0.05) is 17.1 Å². The summed E-state index contributed by atoms with van der Waals surface area (Å²) in [4.78, 5) is 0. The van der Waals surface area contributed by atoms with Crippen LogP contribution in [0.3, 0.4) is 0 Å². The Hall–Kier alpha value is -0.280. The fourth-order valence-corrected chi connectivity index (χ4v) is 7.30. The molecule has 0 radical (unpaired) electrons. The van der Waals surface area contributed by atoms with Crippen LogP contribution in [-0.4, -0.2) is 16.6 Å². The molecule has 0 aliphatic carbocycles. The fourth-order valence-electron chi connectivity index (χ4n) is 5.11. The molecule has 0 saturated heterocycles. The van der Waals surface area contributed by atoms with E-state index in [9.17, 15) is 5.11 Å². The molecule has 216 valence electrons. The van der Waals surface area contributed by atoms with E-state index in [0.717, 1.165) is 17.1 Å². The number of aromatic hydroxyl groups is 1. The molecule has 1 aromatic carbocycles. The summed E-state index contributed by atoms with van der Waals surface area (Å²) in [5.41, 5.74) is 5.00. The summed E-state index contributed by atoms with van der Waals surface area (Å²) in [6.07, 6.45) is 28.0. The summed E-state index contributed by atoms with van der Waals surface area (Å²) >= 11 is 4.09.